The van der Waals surface area contributed by atoms with E-state index in [1.807, 2.05) is 37.4 Å². The third-order valence-corrected chi connectivity index (χ3v) is 6.21. The molecule has 5 rings (SSSR count). The molecule has 7 nitrogen and oxygen atoms in total. The number of halogens is 1. The van der Waals surface area contributed by atoms with Crippen molar-refractivity contribution in [1.82, 2.24) is 19.8 Å². The van der Waals surface area contributed by atoms with Crippen molar-refractivity contribution >= 4 is 11.5 Å². The number of hydrogen-bond acceptors (Lipinski definition) is 6. The normalized spacial score (nSPS) is 16.2. The molecule has 4 heterocycles. The predicted molar refractivity (Wildman–Crippen MR) is 114 cm³/mol. The number of fused-ring (bicyclic) bond motifs is 1. The van der Waals surface area contributed by atoms with Gasteiger partial charge in [-0.2, -0.15) is 9.61 Å². The van der Waals surface area contributed by atoms with Gasteiger partial charge in [0, 0.05) is 42.0 Å². The molecule has 1 aromatic carbocycles. The molecule has 4 aromatic rings. The quantitative estimate of drug-likeness (QED) is 0.540. The Kier molecular flexibility index (Phi) is 4.55. The van der Waals surface area contributed by atoms with Gasteiger partial charge < -0.3 is 14.5 Å². The van der Waals surface area contributed by atoms with E-state index < -0.39 is 5.60 Å². The average Bonchev–Trinajstić information content (AvgIpc) is 3.36. The first-order valence-electron chi connectivity index (χ1n) is 10.4. The molecule has 0 atom stereocenters. The molecule has 1 fully saturated rings. The fourth-order valence-electron chi connectivity index (χ4n) is 4.36. The lowest BCUT2D eigenvalue weighted by atomic mass is 9.84. The number of nitrogens with zero attached hydrogens (tertiary/aromatic N) is 5. The van der Waals surface area contributed by atoms with Gasteiger partial charge in [-0.15, -0.1) is 0 Å². The molecule has 0 bridgehead atoms. The van der Waals surface area contributed by atoms with Crippen LogP contribution in [0.25, 0.3) is 17.0 Å². The molecule has 8 heteroatoms. The second-order valence-electron chi connectivity index (χ2n) is 8.27. The minimum atomic E-state index is -1.18. The van der Waals surface area contributed by atoms with E-state index in [2.05, 4.69) is 15.0 Å². The highest BCUT2D eigenvalue weighted by atomic mass is 19.1. The molecule has 0 spiro atoms. The van der Waals surface area contributed by atoms with E-state index in [9.17, 15) is 9.50 Å². The second-order valence-corrected chi connectivity index (χ2v) is 8.27. The highest BCUT2D eigenvalue weighted by molar-refractivity contribution is 5.65. The Hall–Kier alpha value is -3.26. The van der Waals surface area contributed by atoms with Crippen LogP contribution in [0.2, 0.25) is 0 Å². The summed E-state index contributed by atoms with van der Waals surface area (Å²) in [6.07, 6.45) is 0.847. The Morgan fingerprint density at radius 3 is 2.48 bits per heavy atom. The smallest absolute Gasteiger partial charge is 0.158 e. The molecule has 1 saturated heterocycles. The van der Waals surface area contributed by atoms with Crippen LogP contribution in [-0.4, -0.2) is 38.0 Å². The van der Waals surface area contributed by atoms with Crippen molar-refractivity contribution < 1.29 is 14.0 Å². The van der Waals surface area contributed by atoms with Crippen LogP contribution in [0.5, 0.6) is 0 Å². The number of anilines is 1. The van der Waals surface area contributed by atoms with Crippen molar-refractivity contribution in [3.05, 3.63) is 64.8 Å². The Morgan fingerprint density at radius 2 is 1.81 bits per heavy atom. The van der Waals surface area contributed by atoms with Crippen molar-refractivity contribution in [3.63, 3.8) is 0 Å². The summed E-state index contributed by atoms with van der Waals surface area (Å²) in [5, 5.41) is 20.0. The van der Waals surface area contributed by atoms with Crippen LogP contribution in [0.1, 0.15) is 35.4 Å². The van der Waals surface area contributed by atoms with Crippen molar-refractivity contribution in [1.29, 1.82) is 0 Å². The zero-order valence-electron chi connectivity index (χ0n) is 17.8. The molecule has 0 amide bonds. The lowest BCUT2D eigenvalue weighted by Gasteiger charge is -2.40. The molecule has 0 radical (unpaired) electrons. The summed E-state index contributed by atoms with van der Waals surface area (Å²) >= 11 is 0. The second kappa shape index (κ2) is 7.16. The first-order valence-corrected chi connectivity index (χ1v) is 10.4. The Balaban J connectivity index is 1.51. The summed E-state index contributed by atoms with van der Waals surface area (Å²) in [6, 6.07) is 10.2. The van der Waals surface area contributed by atoms with Crippen molar-refractivity contribution in [3.8, 4) is 11.4 Å². The summed E-state index contributed by atoms with van der Waals surface area (Å²) in [5.74, 6) is 1.29. The van der Waals surface area contributed by atoms with Gasteiger partial charge >= 0.3 is 0 Å². The first-order chi connectivity index (χ1) is 14.9. The van der Waals surface area contributed by atoms with Gasteiger partial charge in [0.1, 0.15) is 28.8 Å². The SMILES string of the molecule is Cc1cc(-c2cc3nc(C)c(C)c(N4CCC(O)(c5ccccc5F)CC4)n3n2)no1. The Bertz CT molecular complexity index is 1270. The zero-order valence-corrected chi connectivity index (χ0v) is 17.8. The third kappa shape index (κ3) is 3.27. The van der Waals surface area contributed by atoms with Gasteiger partial charge in [0.05, 0.1) is 5.60 Å². The molecule has 1 N–H and O–H groups in total. The fraction of sp³-hybridized carbons (Fsp3) is 0.348. The fourth-order valence-corrected chi connectivity index (χ4v) is 4.36. The van der Waals surface area contributed by atoms with Gasteiger partial charge in [0.25, 0.3) is 0 Å². The van der Waals surface area contributed by atoms with Crippen LogP contribution in [0.15, 0.2) is 40.9 Å². The number of hydrogen-bond donors (Lipinski definition) is 1. The summed E-state index contributed by atoms with van der Waals surface area (Å²) in [6.45, 7) is 6.99. The van der Waals surface area contributed by atoms with Crippen molar-refractivity contribution in [2.45, 2.75) is 39.2 Å². The van der Waals surface area contributed by atoms with E-state index in [0.29, 0.717) is 42.9 Å². The van der Waals surface area contributed by atoms with Gasteiger partial charge in [0.15, 0.2) is 5.65 Å². The summed E-state index contributed by atoms with van der Waals surface area (Å²) in [4.78, 5) is 6.88. The lowest BCUT2D eigenvalue weighted by molar-refractivity contribution is 0.00829. The molecule has 0 aliphatic carbocycles. The molecule has 160 valence electrons. The molecule has 3 aromatic heterocycles. The van der Waals surface area contributed by atoms with E-state index in [4.69, 9.17) is 9.62 Å². The van der Waals surface area contributed by atoms with Crippen LogP contribution >= 0.6 is 0 Å². The first kappa shape index (κ1) is 19.7. The van der Waals surface area contributed by atoms with Crippen LogP contribution in [-0.2, 0) is 5.60 Å². The molecule has 1 aliphatic heterocycles. The van der Waals surface area contributed by atoms with E-state index in [-0.39, 0.29) is 5.82 Å². The van der Waals surface area contributed by atoms with Gasteiger partial charge in [0.2, 0.25) is 0 Å². The maximum absolute atomic E-state index is 14.3. The highest BCUT2D eigenvalue weighted by Gasteiger charge is 2.37. The van der Waals surface area contributed by atoms with Crippen molar-refractivity contribution in [2.24, 2.45) is 0 Å². The Labute approximate surface area is 179 Å². The molecule has 0 unspecified atom stereocenters. The van der Waals surface area contributed by atoms with E-state index in [1.165, 1.54) is 6.07 Å². The maximum atomic E-state index is 14.3. The molecule has 31 heavy (non-hydrogen) atoms. The molecule has 1 aliphatic rings. The zero-order chi connectivity index (χ0) is 21.8. The number of piperidine rings is 1. The number of aryl methyl sites for hydroxylation is 2. The minimum Gasteiger partial charge on any atom is -0.385 e. The molecular weight excluding hydrogens is 397 g/mol. The lowest BCUT2D eigenvalue weighted by Crippen LogP contribution is -2.44. The Morgan fingerprint density at radius 1 is 1.06 bits per heavy atom. The molecule has 0 saturated carbocycles. The monoisotopic (exact) mass is 421 g/mol. The highest BCUT2D eigenvalue weighted by Crippen LogP contribution is 2.37. The van der Waals surface area contributed by atoms with Crippen LogP contribution in [0.4, 0.5) is 10.2 Å². The topological polar surface area (TPSA) is 79.7 Å². The summed E-state index contributed by atoms with van der Waals surface area (Å²) < 4.78 is 21.3. The predicted octanol–water partition coefficient (Wildman–Crippen LogP) is 3.94. The molecular formula is C23H24FN5O2. The van der Waals surface area contributed by atoms with Gasteiger partial charge in [-0.05, 0) is 39.7 Å². The van der Waals surface area contributed by atoms with Crippen LogP contribution in [0.3, 0.4) is 0 Å². The van der Waals surface area contributed by atoms with Gasteiger partial charge in [-0.3, -0.25) is 0 Å². The summed E-state index contributed by atoms with van der Waals surface area (Å²) in [7, 11) is 0. The standard InChI is InChI=1S/C23H24FN5O2/c1-14-12-20(27-31-14)19-13-21-25-16(3)15(2)22(29(21)26-19)28-10-8-23(30,9-11-28)17-6-4-5-7-18(17)24/h4-7,12-13,30H,8-11H2,1-3H3. The van der Waals surface area contributed by atoms with Gasteiger partial charge in [-0.25, -0.2) is 9.37 Å². The summed E-state index contributed by atoms with van der Waals surface area (Å²) in [5.41, 5.74) is 3.21. The van der Waals surface area contributed by atoms with E-state index >= 15 is 0 Å². The number of rotatable bonds is 3. The number of aliphatic hydroxyl groups is 1. The largest absolute Gasteiger partial charge is 0.385 e. The van der Waals surface area contributed by atoms with Crippen molar-refractivity contribution in [2.75, 3.05) is 18.0 Å². The van der Waals surface area contributed by atoms with Crippen LogP contribution in [0, 0.1) is 26.6 Å². The third-order valence-electron chi connectivity index (χ3n) is 6.21. The van der Waals surface area contributed by atoms with E-state index in [1.54, 1.807) is 18.2 Å². The van der Waals surface area contributed by atoms with Gasteiger partial charge in [-0.1, -0.05) is 23.4 Å². The maximum Gasteiger partial charge on any atom is 0.158 e. The average molecular weight is 421 g/mol. The number of aromatic nitrogens is 4. The van der Waals surface area contributed by atoms with E-state index in [0.717, 1.165) is 28.5 Å². The number of benzene rings is 1. The minimum absolute atomic E-state index is 0.364. The van der Waals surface area contributed by atoms with Crippen LogP contribution < -0.4 is 4.90 Å².